The second kappa shape index (κ2) is 6.61. The highest BCUT2D eigenvalue weighted by Crippen LogP contribution is 1.98. The third kappa shape index (κ3) is 5.14. The number of hydrogen-bond donors (Lipinski definition) is 1. The highest BCUT2D eigenvalue weighted by atomic mass is 16.7. The molecule has 0 aliphatic carbocycles. The maximum absolute atomic E-state index is 11.1. The zero-order valence-electron chi connectivity index (χ0n) is 9.56. The van der Waals surface area contributed by atoms with E-state index in [9.17, 15) is 4.79 Å². The predicted molar refractivity (Wildman–Crippen MR) is 63.4 cm³/mol. The van der Waals surface area contributed by atoms with Crippen LogP contribution in [0.1, 0.15) is 19.4 Å². The van der Waals surface area contributed by atoms with Crippen molar-refractivity contribution in [2.24, 2.45) is 5.16 Å². The Kier molecular flexibility index (Phi) is 5.05. The van der Waals surface area contributed by atoms with E-state index in [1.807, 2.05) is 30.3 Å². The number of amides is 1. The molecule has 1 aromatic rings. The van der Waals surface area contributed by atoms with Crippen LogP contribution in [-0.4, -0.2) is 18.3 Å². The van der Waals surface area contributed by atoms with E-state index in [0.29, 0.717) is 12.3 Å². The van der Waals surface area contributed by atoms with Crippen LogP contribution < -0.4 is 5.32 Å². The van der Waals surface area contributed by atoms with Crippen molar-refractivity contribution in [3.63, 3.8) is 0 Å². The Hall–Kier alpha value is -1.84. The van der Waals surface area contributed by atoms with E-state index in [1.165, 1.54) is 5.56 Å². The molecule has 16 heavy (non-hydrogen) atoms. The van der Waals surface area contributed by atoms with Crippen LogP contribution in [0.2, 0.25) is 0 Å². The van der Waals surface area contributed by atoms with Gasteiger partial charge in [0, 0.05) is 6.54 Å². The minimum absolute atomic E-state index is 0.517. The van der Waals surface area contributed by atoms with E-state index in [4.69, 9.17) is 0 Å². The normalized spacial score (nSPS) is 9.38. The number of oxime groups is 1. The first kappa shape index (κ1) is 12.2. The zero-order chi connectivity index (χ0) is 11.8. The molecule has 0 atom stereocenters. The number of rotatable bonds is 4. The van der Waals surface area contributed by atoms with Crippen molar-refractivity contribution in [2.75, 3.05) is 6.54 Å². The third-order valence-electron chi connectivity index (χ3n) is 1.84. The van der Waals surface area contributed by atoms with Crippen LogP contribution in [0, 0.1) is 0 Å². The lowest BCUT2D eigenvalue weighted by Crippen LogP contribution is -2.25. The number of nitrogens with one attached hydrogen (secondary N) is 1. The molecule has 0 aliphatic heterocycles. The average molecular weight is 220 g/mol. The highest BCUT2D eigenvalue weighted by molar-refractivity contribution is 5.79. The van der Waals surface area contributed by atoms with Crippen LogP contribution in [0.5, 0.6) is 0 Å². The van der Waals surface area contributed by atoms with Crippen molar-refractivity contribution in [3.05, 3.63) is 35.9 Å². The summed E-state index contributed by atoms with van der Waals surface area (Å²) in [5.41, 5.74) is 1.89. The Balaban J connectivity index is 2.21. The van der Waals surface area contributed by atoms with Crippen molar-refractivity contribution in [1.29, 1.82) is 0 Å². The van der Waals surface area contributed by atoms with Gasteiger partial charge in [0.05, 0.1) is 5.71 Å². The van der Waals surface area contributed by atoms with Gasteiger partial charge in [-0.25, -0.2) is 4.79 Å². The summed E-state index contributed by atoms with van der Waals surface area (Å²) < 4.78 is 0. The SMILES string of the molecule is CC(C)=NOC(=O)NCCc1ccccc1. The largest absolute Gasteiger partial charge is 0.433 e. The smallest absolute Gasteiger partial charge is 0.319 e. The van der Waals surface area contributed by atoms with Gasteiger partial charge >= 0.3 is 6.09 Å². The van der Waals surface area contributed by atoms with E-state index in [1.54, 1.807) is 13.8 Å². The number of hydrogen-bond acceptors (Lipinski definition) is 3. The molecule has 0 saturated carbocycles. The first-order valence-corrected chi connectivity index (χ1v) is 5.18. The second-order valence-electron chi connectivity index (χ2n) is 3.58. The molecule has 0 unspecified atom stereocenters. The van der Waals surface area contributed by atoms with Gasteiger partial charge in [-0.1, -0.05) is 35.5 Å². The third-order valence-corrected chi connectivity index (χ3v) is 1.84. The van der Waals surface area contributed by atoms with Gasteiger partial charge < -0.3 is 5.32 Å². The molecular formula is C12H16N2O2. The van der Waals surface area contributed by atoms with Crippen LogP contribution >= 0.6 is 0 Å². The van der Waals surface area contributed by atoms with Crippen LogP contribution in [-0.2, 0) is 11.3 Å². The molecule has 0 fully saturated rings. The van der Waals surface area contributed by atoms with Gasteiger partial charge in [-0.3, -0.25) is 4.84 Å². The Bertz CT molecular complexity index is 357. The number of nitrogens with zero attached hydrogens (tertiary/aromatic N) is 1. The van der Waals surface area contributed by atoms with Gasteiger partial charge in [0.25, 0.3) is 0 Å². The van der Waals surface area contributed by atoms with Crippen molar-refractivity contribution in [1.82, 2.24) is 5.32 Å². The van der Waals surface area contributed by atoms with Crippen molar-refractivity contribution < 1.29 is 9.63 Å². The summed E-state index contributed by atoms with van der Waals surface area (Å²) >= 11 is 0. The molecule has 0 aromatic heterocycles. The zero-order valence-corrected chi connectivity index (χ0v) is 9.56. The quantitative estimate of drug-likeness (QED) is 0.481. The molecule has 1 amide bonds. The summed E-state index contributed by atoms with van der Waals surface area (Å²) in [6.07, 6.45) is 0.266. The molecular weight excluding hydrogens is 204 g/mol. The van der Waals surface area contributed by atoms with Gasteiger partial charge in [-0.2, -0.15) is 0 Å². The molecule has 1 aromatic carbocycles. The fourth-order valence-electron chi connectivity index (χ4n) is 1.12. The Morgan fingerprint density at radius 3 is 2.62 bits per heavy atom. The predicted octanol–water partition coefficient (Wildman–Crippen LogP) is 2.35. The lowest BCUT2D eigenvalue weighted by molar-refractivity contribution is 0.150. The Labute approximate surface area is 95.3 Å². The average Bonchev–Trinajstić information content (AvgIpc) is 2.28. The van der Waals surface area contributed by atoms with Crippen molar-refractivity contribution in [2.45, 2.75) is 20.3 Å². The highest BCUT2D eigenvalue weighted by Gasteiger charge is 2.00. The molecule has 0 spiro atoms. The summed E-state index contributed by atoms with van der Waals surface area (Å²) in [6.45, 7) is 4.07. The molecule has 0 saturated heterocycles. The summed E-state index contributed by atoms with van der Waals surface area (Å²) in [4.78, 5) is 15.7. The lowest BCUT2D eigenvalue weighted by atomic mass is 10.1. The minimum atomic E-state index is -0.517. The number of carbonyl (C=O) groups is 1. The van der Waals surface area contributed by atoms with Crippen LogP contribution in [0.25, 0.3) is 0 Å². The van der Waals surface area contributed by atoms with Gasteiger partial charge in [0.2, 0.25) is 0 Å². The first-order valence-electron chi connectivity index (χ1n) is 5.18. The Morgan fingerprint density at radius 1 is 1.31 bits per heavy atom. The van der Waals surface area contributed by atoms with E-state index >= 15 is 0 Å². The molecule has 0 aliphatic rings. The molecule has 0 bridgehead atoms. The van der Waals surface area contributed by atoms with Gasteiger partial charge in [-0.15, -0.1) is 0 Å². The molecule has 4 nitrogen and oxygen atoms in total. The summed E-state index contributed by atoms with van der Waals surface area (Å²) in [7, 11) is 0. The molecule has 1 N–H and O–H groups in total. The summed E-state index contributed by atoms with van der Waals surface area (Å²) in [6, 6.07) is 9.93. The van der Waals surface area contributed by atoms with Crippen molar-refractivity contribution in [3.8, 4) is 0 Å². The summed E-state index contributed by atoms with van der Waals surface area (Å²) in [5.74, 6) is 0. The molecule has 0 radical (unpaired) electrons. The summed E-state index contributed by atoms with van der Waals surface area (Å²) in [5, 5.41) is 6.17. The Morgan fingerprint density at radius 2 is 2.00 bits per heavy atom. The molecule has 0 heterocycles. The van der Waals surface area contributed by atoms with E-state index in [2.05, 4.69) is 15.3 Å². The molecule has 4 heteroatoms. The van der Waals surface area contributed by atoms with E-state index in [-0.39, 0.29) is 0 Å². The second-order valence-corrected chi connectivity index (χ2v) is 3.58. The number of carbonyl (C=O) groups excluding carboxylic acids is 1. The monoisotopic (exact) mass is 220 g/mol. The van der Waals surface area contributed by atoms with Crippen LogP contribution in [0.3, 0.4) is 0 Å². The van der Waals surface area contributed by atoms with E-state index in [0.717, 1.165) is 6.42 Å². The number of benzene rings is 1. The van der Waals surface area contributed by atoms with Gasteiger partial charge in [0.15, 0.2) is 0 Å². The first-order chi connectivity index (χ1) is 7.68. The fraction of sp³-hybridized carbons (Fsp3) is 0.333. The van der Waals surface area contributed by atoms with E-state index < -0.39 is 6.09 Å². The van der Waals surface area contributed by atoms with Gasteiger partial charge in [0.1, 0.15) is 0 Å². The lowest BCUT2D eigenvalue weighted by Gasteiger charge is -2.02. The minimum Gasteiger partial charge on any atom is -0.319 e. The van der Waals surface area contributed by atoms with Crippen LogP contribution in [0.4, 0.5) is 4.79 Å². The molecule has 1 rings (SSSR count). The van der Waals surface area contributed by atoms with Crippen LogP contribution in [0.15, 0.2) is 35.5 Å². The van der Waals surface area contributed by atoms with Crippen molar-refractivity contribution >= 4 is 11.8 Å². The fourth-order valence-corrected chi connectivity index (χ4v) is 1.12. The topological polar surface area (TPSA) is 50.7 Å². The standard InChI is InChI=1S/C12H16N2O2/c1-10(2)14-16-12(15)13-9-8-11-6-4-3-5-7-11/h3-7H,8-9H2,1-2H3,(H,13,15). The maximum atomic E-state index is 11.1. The molecule has 86 valence electrons. The van der Waals surface area contributed by atoms with Gasteiger partial charge in [-0.05, 0) is 25.8 Å². The maximum Gasteiger partial charge on any atom is 0.433 e.